The van der Waals surface area contributed by atoms with Gasteiger partial charge in [0.05, 0.1) is 18.0 Å². The van der Waals surface area contributed by atoms with E-state index in [0.29, 0.717) is 4.47 Å². The fourth-order valence-corrected chi connectivity index (χ4v) is 1.78. The van der Waals surface area contributed by atoms with Crippen LogP contribution in [0.2, 0.25) is 5.15 Å². The van der Waals surface area contributed by atoms with Crippen molar-refractivity contribution in [3.8, 4) is 5.75 Å². The molecule has 2 aromatic rings. The average molecular weight is 329 g/mol. The summed E-state index contributed by atoms with van der Waals surface area (Å²) in [4.78, 5) is 19.5. The summed E-state index contributed by atoms with van der Waals surface area (Å²) in [6.07, 6.45) is 2.72. The maximum absolute atomic E-state index is 11.9. The van der Waals surface area contributed by atoms with Crippen LogP contribution in [0.4, 0.5) is 5.82 Å². The van der Waals surface area contributed by atoms with Gasteiger partial charge < -0.3 is 10.4 Å². The molecule has 7 heteroatoms. The summed E-state index contributed by atoms with van der Waals surface area (Å²) >= 11 is 8.84. The van der Waals surface area contributed by atoms with Crippen LogP contribution in [-0.2, 0) is 0 Å². The van der Waals surface area contributed by atoms with Gasteiger partial charge in [-0.1, -0.05) is 27.5 Å². The second-order valence-electron chi connectivity index (χ2n) is 3.34. The highest BCUT2D eigenvalue weighted by Crippen LogP contribution is 2.23. The van der Waals surface area contributed by atoms with Gasteiger partial charge in [0.2, 0.25) is 0 Å². The summed E-state index contributed by atoms with van der Waals surface area (Å²) in [5, 5.41) is 12.3. The van der Waals surface area contributed by atoms with E-state index in [2.05, 4.69) is 31.2 Å². The lowest BCUT2D eigenvalue weighted by molar-refractivity contribution is 0.102. The Bertz CT molecular complexity index is 607. The summed E-state index contributed by atoms with van der Waals surface area (Å²) in [6, 6.07) is 4.57. The van der Waals surface area contributed by atoms with Gasteiger partial charge in [0.1, 0.15) is 10.9 Å². The summed E-state index contributed by atoms with van der Waals surface area (Å²) < 4.78 is 0.680. The molecule has 2 rings (SSSR count). The normalized spacial score (nSPS) is 10.1. The van der Waals surface area contributed by atoms with Gasteiger partial charge in [-0.3, -0.25) is 9.78 Å². The van der Waals surface area contributed by atoms with Crippen molar-refractivity contribution in [1.29, 1.82) is 0 Å². The molecule has 5 nitrogen and oxygen atoms in total. The fourth-order valence-electron chi connectivity index (χ4n) is 1.28. The van der Waals surface area contributed by atoms with E-state index in [1.165, 1.54) is 24.5 Å². The highest BCUT2D eigenvalue weighted by Gasteiger charge is 2.12. The molecule has 92 valence electrons. The topological polar surface area (TPSA) is 75.1 Å². The standard InChI is InChI=1S/C11H7BrClN3O2/c12-6-1-2-7(8(17)3-6)11(18)16-10-5-14-4-9(13)15-10/h1-5,17H,(H,15,16,18). The molecule has 0 atom stereocenters. The van der Waals surface area contributed by atoms with Crippen molar-refractivity contribution >= 4 is 39.3 Å². The number of nitrogens with one attached hydrogen (secondary N) is 1. The van der Waals surface area contributed by atoms with E-state index in [4.69, 9.17) is 11.6 Å². The van der Waals surface area contributed by atoms with E-state index in [1.54, 1.807) is 6.07 Å². The van der Waals surface area contributed by atoms with Crippen molar-refractivity contribution in [3.63, 3.8) is 0 Å². The molecule has 1 amide bonds. The van der Waals surface area contributed by atoms with Gasteiger partial charge in [0, 0.05) is 4.47 Å². The Morgan fingerprint density at radius 3 is 2.83 bits per heavy atom. The number of rotatable bonds is 2. The van der Waals surface area contributed by atoms with Gasteiger partial charge in [-0.15, -0.1) is 0 Å². The minimum absolute atomic E-state index is 0.128. The number of benzene rings is 1. The molecule has 18 heavy (non-hydrogen) atoms. The number of hydrogen-bond donors (Lipinski definition) is 2. The Morgan fingerprint density at radius 2 is 2.17 bits per heavy atom. The molecule has 0 aliphatic carbocycles. The minimum atomic E-state index is -0.489. The number of carbonyl (C=O) groups is 1. The van der Waals surface area contributed by atoms with E-state index >= 15 is 0 Å². The zero-order chi connectivity index (χ0) is 13.1. The maximum Gasteiger partial charge on any atom is 0.260 e. The Hall–Kier alpha value is -1.66. The summed E-state index contributed by atoms with van der Waals surface area (Å²) in [7, 11) is 0. The molecule has 0 saturated heterocycles. The second-order valence-corrected chi connectivity index (χ2v) is 4.65. The zero-order valence-electron chi connectivity index (χ0n) is 8.89. The predicted octanol–water partition coefficient (Wildman–Crippen LogP) is 2.85. The molecule has 1 aromatic carbocycles. The zero-order valence-corrected chi connectivity index (χ0v) is 11.2. The highest BCUT2D eigenvalue weighted by atomic mass is 79.9. The summed E-state index contributed by atoms with van der Waals surface area (Å²) in [5.41, 5.74) is 0.139. The molecular formula is C11H7BrClN3O2. The number of nitrogens with zero attached hydrogens (tertiary/aromatic N) is 2. The minimum Gasteiger partial charge on any atom is -0.507 e. The number of phenols is 1. The molecule has 0 bridgehead atoms. The molecule has 0 spiro atoms. The predicted molar refractivity (Wildman–Crippen MR) is 70.8 cm³/mol. The number of phenolic OH excluding ortho intramolecular Hbond substituents is 1. The second kappa shape index (κ2) is 5.32. The third kappa shape index (κ3) is 2.96. The average Bonchev–Trinajstić information content (AvgIpc) is 2.28. The van der Waals surface area contributed by atoms with Gasteiger partial charge in [-0.05, 0) is 18.2 Å². The molecule has 0 aliphatic heterocycles. The number of aromatic hydroxyl groups is 1. The lowest BCUT2D eigenvalue weighted by Gasteiger charge is -2.06. The first-order chi connectivity index (χ1) is 8.56. The van der Waals surface area contributed by atoms with Crippen molar-refractivity contribution in [2.24, 2.45) is 0 Å². The van der Waals surface area contributed by atoms with Gasteiger partial charge in [0.15, 0.2) is 5.82 Å². The molecule has 2 N–H and O–H groups in total. The van der Waals surface area contributed by atoms with Crippen LogP contribution in [0, 0.1) is 0 Å². The van der Waals surface area contributed by atoms with Crippen molar-refractivity contribution < 1.29 is 9.90 Å². The van der Waals surface area contributed by atoms with Gasteiger partial charge in [-0.2, -0.15) is 0 Å². The smallest absolute Gasteiger partial charge is 0.260 e. The lowest BCUT2D eigenvalue weighted by atomic mass is 10.2. The van der Waals surface area contributed by atoms with E-state index in [0.717, 1.165) is 0 Å². The van der Waals surface area contributed by atoms with E-state index in [-0.39, 0.29) is 22.3 Å². The Morgan fingerprint density at radius 1 is 1.39 bits per heavy atom. The number of carbonyl (C=O) groups excluding carboxylic acids is 1. The van der Waals surface area contributed by atoms with Crippen LogP contribution in [-0.4, -0.2) is 21.0 Å². The molecule has 1 aromatic heterocycles. The maximum atomic E-state index is 11.9. The van der Waals surface area contributed by atoms with Gasteiger partial charge in [0.25, 0.3) is 5.91 Å². The van der Waals surface area contributed by atoms with Crippen LogP contribution >= 0.6 is 27.5 Å². The first kappa shape index (κ1) is 12.8. The van der Waals surface area contributed by atoms with Crippen LogP contribution in [0.3, 0.4) is 0 Å². The van der Waals surface area contributed by atoms with E-state index < -0.39 is 5.91 Å². The molecule has 0 fully saturated rings. The van der Waals surface area contributed by atoms with Crippen LogP contribution in [0.5, 0.6) is 5.75 Å². The fraction of sp³-hybridized carbons (Fsp3) is 0. The highest BCUT2D eigenvalue weighted by molar-refractivity contribution is 9.10. The largest absolute Gasteiger partial charge is 0.507 e. The molecule has 0 saturated carbocycles. The number of anilines is 1. The Balaban J connectivity index is 2.22. The Labute approximate surface area is 116 Å². The van der Waals surface area contributed by atoms with Crippen LogP contribution in [0.25, 0.3) is 0 Å². The quantitative estimate of drug-likeness (QED) is 0.889. The van der Waals surface area contributed by atoms with E-state index in [1.807, 2.05) is 0 Å². The SMILES string of the molecule is O=C(Nc1cncc(Cl)n1)c1ccc(Br)cc1O. The van der Waals surface area contributed by atoms with E-state index in [9.17, 15) is 9.90 Å². The van der Waals surface area contributed by atoms with Crippen molar-refractivity contribution in [2.75, 3.05) is 5.32 Å². The molecule has 0 aliphatic rings. The molecule has 0 radical (unpaired) electrons. The van der Waals surface area contributed by atoms with Gasteiger partial charge >= 0.3 is 0 Å². The van der Waals surface area contributed by atoms with Crippen LogP contribution in [0.15, 0.2) is 35.1 Å². The number of aromatic nitrogens is 2. The first-order valence-corrected chi connectivity index (χ1v) is 6.01. The van der Waals surface area contributed by atoms with Crippen molar-refractivity contribution in [3.05, 3.63) is 45.8 Å². The first-order valence-electron chi connectivity index (χ1n) is 4.83. The van der Waals surface area contributed by atoms with Crippen LogP contribution in [0.1, 0.15) is 10.4 Å². The number of halogens is 2. The molecular weight excluding hydrogens is 321 g/mol. The third-order valence-electron chi connectivity index (χ3n) is 2.05. The molecule has 0 unspecified atom stereocenters. The molecule has 1 heterocycles. The Kier molecular flexibility index (Phi) is 3.78. The van der Waals surface area contributed by atoms with Crippen molar-refractivity contribution in [1.82, 2.24) is 9.97 Å². The monoisotopic (exact) mass is 327 g/mol. The van der Waals surface area contributed by atoms with Crippen molar-refractivity contribution in [2.45, 2.75) is 0 Å². The van der Waals surface area contributed by atoms with Crippen LogP contribution < -0.4 is 5.32 Å². The summed E-state index contributed by atoms with van der Waals surface area (Å²) in [5.74, 6) is -0.400. The number of amides is 1. The summed E-state index contributed by atoms with van der Waals surface area (Å²) in [6.45, 7) is 0. The lowest BCUT2D eigenvalue weighted by Crippen LogP contribution is -2.13. The third-order valence-corrected chi connectivity index (χ3v) is 2.73. The number of hydrogen-bond acceptors (Lipinski definition) is 4. The van der Waals surface area contributed by atoms with Gasteiger partial charge in [-0.25, -0.2) is 4.98 Å².